The molecule has 1 aromatic carbocycles. The molecule has 1 aliphatic carbocycles. The number of rotatable bonds is 9. The molecule has 1 aliphatic heterocycles. The van der Waals surface area contributed by atoms with Gasteiger partial charge in [-0.1, -0.05) is 17.4 Å². The standard InChI is InChI=1S/C23H27F2N7O5S3/c1-12(2)40(36,37)32-8-4-13(5-9-32)15-10-14(39(34,35)30-23(6-7-23)22(26)33)11-16-17(29-31(3)18(15)16)20-27-28-21(38-20)19(24)25/h4,10-12,19,30H,5-9H2,1-3H3,(H2,26,33). The van der Waals surface area contributed by atoms with Crippen LogP contribution in [-0.2, 0) is 31.9 Å². The number of carbonyl (C=O) groups is 1. The van der Waals surface area contributed by atoms with Crippen LogP contribution in [0.2, 0.25) is 0 Å². The molecule has 216 valence electrons. The van der Waals surface area contributed by atoms with Crippen LogP contribution in [-0.4, -0.2) is 70.9 Å². The van der Waals surface area contributed by atoms with E-state index in [9.17, 15) is 30.4 Å². The average Bonchev–Trinajstić information content (AvgIpc) is 3.35. The first-order chi connectivity index (χ1) is 18.7. The number of sulfonamides is 2. The topological polar surface area (TPSA) is 170 Å². The summed E-state index contributed by atoms with van der Waals surface area (Å²) in [5.74, 6) is -0.783. The molecule has 2 aliphatic rings. The number of nitrogens with two attached hydrogens (primary N) is 1. The highest BCUT2D eigenvalue weighted by Gasteiger charge is 2.51. The predicted octanol–water partition coefficient (Wildman–Crippen LogP) is 2.15. The Morgan fingerprint density at radius 2 is 1.88 bits per heavy atom. The van der Waals surface area contributed by atoms with Gasteiger partial charge in [0.1, 0.15) is 11.2 Å². The number of aromatic nitrogens is 4. The zero-order valence-corrected chi connectivity index (χ0v) is 24.2. The van der Waals surface area contributed by atoms with E-state index >= 15 is 0 Å². The molecular formula is C23H27F2N7O5S3. The Kier molecular flexibility index (Phi) is 7.09. The molecular weight excluding hydrogens is 588 g/mol. The fraction of sp³-hybridized carbons (Fsp3) is 0.478. The molecule has 0 spiro atoms. The summed E-state index contributed by atoms with van der Waals surface area (Å²) in [6.45, 7) is 3.48. The summed E-state index contributed by atoms with van der Waals surface area (Å²) in [6, 6.07) is 2.79. The zero-order valence-electron chi connectivity index (χ0n) is 21.8. The lowest BCUT2D eigenvalue weighted by Crippen LogP contribution is -2.46. The Hall–Kier alpha value is -2.86. The first kappa shape index (κ1) is 28.7. The third-order valence-electron chi connectivity index (χ3n) is 7.08. The van der Waals surface area contributed by atoms with Crippen molar-refractivity contribution in [3.63, 3.8) is 0 Å². The first-order valence-corrected chi connectivity index (χ1v) is 16.1. The molecule has 0 radical (unpaired) electrons. The number of amides is 1. The number of benzene rings is 1. The number of carbonyl (C=O) groups excluding carboxylic acids is 1. The van der Waals surface area contributed by atoms with E-state index in [0.29, 0.717) is 33.4 Å². The molecule has 0 bridgehead atoms. The van der Waals surface area contributed by atoms with E-state index in [1.165, 1.54) is 21.1 Å². The Labute approximate surface area is 233 Å². The van der Waals surface area contributed by atoms with Crippen molar-refractivity contribution in [1.29, 1.82) is 0 Å². The molecule has 1 amide bonds. The van der Waals surface area contributed by atoms with Crippen LogP contribution in [0.3, 0.4) is 0 Å². The minimum Gasteiger partial charge on any atom is -0.368 e. The van der Waals surface area contributed by atoms with Crippen molar-refractivity contribution in [3.05, 3.63) is 28.8 Å². The van der Waals surface area contributed by atoms with Gasteiger partial charge in [-0.25, -0.2) is 25.6 Å². The summed E-state index contributed by atoms with van der Waals surface area (Å²) >= 11 is 0.644. The van der Waals surface area contributed by atoms with Crippen molar-refractivity contribution in [2.45, 2.75) is 55.2 Å². The lowest BCUT2D eigenvalue weighted by molar-refractivity contribution is -0.120. The Morgan fingerprint density at radius 1 is 1.18 bits per heavy atom. The quantitative estimate of drug-likeness (QED) is 0.369. The fourth-order valence-corrected chi connectivity index (χ4v) is 8.04. The van der Waals surface area contributed by atoms with Gasteiger partial charge in [0.25, 0.3) is 6.43 Å². The zero-order chi connectivity index (χ0) is 29.2. The average molecular weight is 616 g/mol. The number of hydrogen-bond donors (Lipinski definition) is 2. The van der Waals surface area contributed by atoms with Crippen LogP contribution in [0.25, 0.3) is 27.2 Å². The van der Waals surface area contributed by atoms with Crippen molar-refractivity contribution in [1.82, 2.24) is 29.0 Å². The molecule has 0 atom stereocenters. The second kappa shape index (κ2) is 9.90. The third kappa shape index (κ3) is 4.93. The molecule has 5 rings (SSSR count). The summed E-state index contributed by atoms with van der Waals surface area (Å²) in [6.07, 6.45) is -0.293. The number of nitrogens with zero attached hydrogens (tertiary/aromatic N) is 5. The van der Waals surface area contributed by atoms with Crippen LogP contribution >= 0.6 is 11.3 Å². The normalized spacial score (nSPS) is 18.0. The first-order valence-electron chi connectivity index (χ1n) is 12.3. The SMILES string of the molecule is CC(C)S(=O)(=O)N1CC=C(c2cc(S(=O)(=O)NC3(C(N)=O)CC3)cc3c(-c4nnc(C(F)F)s4)nn(C)c23)CC1. The highest BCUT2D eigenvalue weighted by Crippen LogP contribution is 2.40. The molecule has 12 nitrogen and oxygen atoms in total. The summed E-state index contributed by atoms with van der Waals surface area (Å²) in [4.78, 5) is 11.7. The number of nitrogens with one attached hydrogen (secondary N) is 1. The van der Waals surface area contributed by atoms with Crippen LogP contribution < -0.4 is 10.5 Å². The fourth-order valence-electron chi connectivity index (χ4n) is 4.63. The number of primary amides is 1. The van der Waals surface area contributed by atoms with Gasteiger partial charge in [-0.05, 0) is 50.8 Å². The Bertz CT molecular complexity index is 1760. The second-order valence-corrected chi connectivity index (χ2v) is 15.2. The van der Waals surface area contributed by atoms with E-state index in [1.54, 1.807) is 27.0 Å². The number of fused-ring (bicyclic) bond motifs is 1. The van der Waals surface area contributed by atoms with Crippen LogP contribution in [0, 0.1) is 0 Å². The highest BCUT2D eigenvalue weighted by molar-refractivity contribution is 7.90. The Morgan fingerprint density at radius 3 is 2.40 bits per heavy atom. The van der Waals surface area contributed by atoms with Crippen molar-refractivity contribution in [3.8, 4) is 10.7 Å². The van der Waals surface area contributed by atoms with E-state index in [1.807, 2.05) is 0 Å². The van der Waals surface area contributed by atoms with Gasteiger partial charge in [0.05, 0.1) is 15.7 Å². The van der Waals surface area contributed by atoms with Gasteiger partial charge < -0.3 is 5.73 Å². The molecule has 3 N–H and O–H groups in total. The predicted molar refractivity (Wildman–Crippen MR) is 144 cm³/mol. The van der Waals surface area contributed by atoms with Crippen LogP contribution in [0.1, 0.15) is 50.1 Å². The van der Waals surface area contributed by atoms with Gasteiger partial charge in [-0.2, -0.15) is 14.1 Å². The number of aryl methyl sites for hydroxylation is 1. The van der Waals surface area contributed by atoms with E-state index in [2.05, 4.69) is 20.0 Å². The largest absolute Gasteiger partial charge is 0.368 e. The van der Waals surface area contributed by atoms with E-state index < -0.39 is 48.2 Å². The van der Waals surface area contributed by atoms with Crippen molar-refractivity contribution >= 4 is 53.8 Å². The minimum absolute atomic E-state index is 0.0805. The van der Waals surface area contributed by atoms with Gasteiger partial charge in [-0.3, -0.25) is 9.48 Å². The van der Waals surface area contributed by atoms with Gasteiger partial charge in [0.2, 0.25) is 26.0 Å². The lowest BCUT2D eigenvalue weighted by Gasteiger charge is -2.28. The molecule has 1 saturated carbocycles. The van der Waals surface area contributed by atoms with Gasteiger partial charge in [0.15, 0.2) is 10.0 Å². The number of hydrogen-bond acceptors (Lipinski definition) is 9. The van der Waals surface area contributed by atoms with Gasteiger partial charge in [-0.15, -0.1) is 10.2 Å². The van der Waals surface area contributed by atoms with Crippen molar-refractivity contribution < 1.29 is 30.4 Å². The summed E-state index contributed by atoms with van der Waals surface area (Å²) in [5, 5.41) is 11.1. The van der Waals surface area contributed by atoms with E-state index in [4.69, 9.17) is 5.73 Å². The van der Waals surface area contributed by atoms with Gasteiger partial charge >= 0.3 is 0 Å². The smallest absolute Gasteiger partial charge is 0.291 e. The maximum atomic E-state index is 13.5. The van der Waals surface area contributed by atoms with Crippen molar-refractivity contribution in [2.24, 2.45) is 12.8 Å². The van der Waals surface area contributed by atoms with Crippen LogP contribution in [0.4, 0.5) is 8.78 Å². The summed E-state index contributed by atoms with van der Waals surface area (Å²) < 4.78 is 84.1. The maximum Gasteiger partial charge on any atom is 0.291 e. The number of halogens is 2. The second-order valence-electron chi connectivity index (χ2n) is 10.1. The maximum absolute atomic E-state index is 13.5. The minimum atomic E-state index is -4.27. The molecule has 1 fully saturated rings. The molecule has 2 aromatic heterocycles. The lowest BCUT2D eigenvalue weighted by atomic mass is 9.97. The monoisotopic (exact) mass is 615 g/mol. The van der Waals surface area contributed by atoms with Gasteiger partial charge in [0, 0.05) is 31.1 Å². The molecule has 17 heteroatoms. The van der Waals surface area contributed by atoms with E-state index in [0.717, 1.165) is 0 Å². The Balaban J connectivity index is 1.67. The molecule has 40 heavy (non-hydrogen) atoms. The molecule has 0 saturated heterocycles. The highest BCUT2D eigenvalue weighted by atomic mass is 32.2. The summed E-state index contributed by atoms with van der Waals surface area (Å²) in [5.41, 5.74) is 5.90. The number of alkyl halides is 2. The van der Waals surface area contributed by atoms with Crippen molar-refractivity contribution in [2.75, 3.05) is 13.1 Å². The molecule has 3 heterocycles. The van der Waals surface area contributed by atoms with Crippen LogP contribution in [0.15, 0.2) is 23.1 Å². The van der Waals surface area contributed by atoms with E-state index in [-0.39, 0.29) is 47.9 Å². The molecule has 3 aromatic rings. The summed E-state index contributed by atoms with van der Waals surface area (Å²) in [7, 11) is -6.14. The van der Waals surface area contributed by atoms with Crippen LogP contribution in [0.5, 0.6) is 0 Å². The third-order valence-corrected chi connectivity index (χ3v) is 11.8. The molecule has 0 unspecified atom stereocenters.